The largest absolute Gasteiger partial charge is 0.349 e. The Balaban J connectivity index is 1.37. The molecule has 0 aromatic carbocycles. The quantitative estimate of drug-likeness (QED) is 0.871. The molecular formula is C19H29N3O. The average molecular weight is 315 g/mol. The first kappa shape index (κ1) is 15.4. The van der Waals surface area contributed by atoms with Crippen molar-refractivity contribution in [3.8, 4) is 6.07 Å². The maximum Gasteiger partial charge on any atom is 0.237 e. The minimum absolute atomic E-state index is 0.0531. The summed E-state index contributed by atoms with van der Waals surface area (Å²) < 4.78 is 0. The zero-order valence-corrected chi connectivity index (χ0v) is 14.3. The van der Waals surface area contributed by atoms with Gasteiger partial charge in [-0.2, -0.15) is 5.26 Å². The zero-order chi connectivity index (χ0) is 16.0. The minimum atomic E-state index is -0.0531. The molecule has 1 saturated heterocycles. The number of nitrogens with one attached hydrogen (secondary N) is 1. The number of carbonyl (C=O) groups is 1. The second-order valence-electron chi connectivity index (χ2n) is 8.80. The summed E-state index contributed by atoms with van der Waals surface area (Å²) in [4.78, 5) is 15.1. The van der Waals surface area contributed by atoms with Crippen LogP contribution in [0.1, 0.15) is 58.3 Å². The van der Waals surface area contributed by atoms with E-state index in [0.29, 0.717) is 0 Å². The molecule has 0 aromatic heterocycles. The summed E-state index contributed by atoms with van der Waals surface area (Å²) in [5.41, 5.74) is 0.116. The van der Waals surface area contributed by atoms with Crippen LogP contribution >= 0.6 is 0 Å². The topological polar surface area (TPSA) is 56.1 Å². The molecule has 4 saturated carbocycles. The molecule has 5 rings (SSSR count). The van der Waals surface area contributed by atoms with E-state index >= 15 is 0 Å². The Hall–Kier alpha value is -1.08. The Bertz CT molecular complexity index is 480. The van der Waals surface area contributed by atoms with Crippen LogP contribution in [-0.2, 0) is 4.79 Å². The van der Waals surface area contributed by atoms with Crippen molar-refractivity contribution in [3.63, 3.8) is 0 Å². The molecule has 5 aliphatic rings. The number of hydrogen-bond acceptors (Lipinski definition) is 3. The van der Waals surface area contributed by atoms with Crippen LogP contribution in [0.4, 0.5) is 0 Å². The first-order valence-corrected chi connectivity index (χ1v) is 9.52. The summed E-state index contributed by atoms with van der Waals surface area (Å²) in [5, 5.41) is 12.5. The number of rotatable bonds is 3. The smallest absolute Gasteiger partial charge is 0.237 e. The number of nitriles is 1. The number of carbonyl (C=O) groups excluding carboxylic acids is 1. The summed E-state index contributed by atoms with van der Waals surface area (Å²) in [5.74, 6) is 3.00. The van der Waals surface area contributed by atoms with Crippen LogP contribution in [0.5, 0.6) is 0 Å². The van der Waals surface area contributed by atoms with Gasteiger partial charge in [-0.05, 0) is 76.0 Å². The van der Waals surface area contributed by atoms with Gasteiger partial charge in [0.1, 0.15) is 0 Å². The van der Waals surface area contributed by atoms with Crippen LogP contribution in [-0.4, -0.2) is 35.5 Å². The molecule has 0 spiro atoms. The highest BCUT2D eigenvalue weighted by atomic mass is 16.2. The Kier molecular flexibility index (Phi) is 3.88. The third kappa shape index (κ3) is 2.89. The Labute approximate surface area is 139 Å². The molecule has 0 aromatic rings. The lowest BCUT2D eigenvalue weighted by atomic mass is 9.53. The van der Waals surface area contributed by atoms with E-state index in [1.54, 1.807) is 0 Å². The van der Waals surface area contributed by atoms with Crippen molar-refractivity contribution in [2.75, 3.05) is 13.1 Å². The molecule has 1 atom stereocenters. The van der Waals surface area contributed by atoms with Crippen LogP contribution in [0.3, 0.4) is 0 Å². The second-order valence-corrected chi connectivity index (χ2v) is 8.80. The van der Waals surface area contributed by atoms with Crippen molar-refractivity contribution < 1.29 is 4.79 Å². The van der Waals surface area contributed by atoms with E-state index in [2.05, 4.69) is 16.3 Å². The number of amides is 1. The van der Waals surface area contributed by atoms with Crippen LogP contribution in [0.15, 0.2) is 0 Å². The molecule has 23 heavy (non-hydrogen) atoms. The summed E-state index contributed by atoms with van der Waals surface area (Å²) in [6.45, 7) is 3.81. The fourth-order valence-corrected chi connectivity index (χ4v) is 6.21. The molecular weight excluding hydrogens is 286 g/mol. The van der Waals surface area contributed by atoms with E-state index in [-0.39, 0.29) is 23.4 Å². The fraction of sp³-hybridized carbons (Fsp3) is 0.895. The first-order chi connectivity index (χ1) is 11.1. The van der Waals surface area contributed by atoms with Crippen molar-refractivity contribution >= 4 is 5.91 Å². The van der Waals surface area contributed by atoms with Gasteiger partial charge >= 0.3 is 0 Å². The van der Waals surface area contributed by atoms with Crippen LogP contribution in [0.2, 0.25) is 0 Å². The predicted molar refractivity (Wildman–Crippen MR) is 88.4 cm³/mol. The molecule has 1 aliphatic heterocycles. The summed E-state index contributed by atoms with van der Waals surface area (Å²) >= 11 is 0. The normalized spacial score (nSPS) is 41.5. The monoisotopic (exact) mass is 315 g/mol. The van der Waals surface area contributed by atoms with Crippen LogP contribution in [0, 0.1) is 35.0 Å². The maximum atomic E-state index is 12.9. The zero-order valence-electron chi connectivity index (χ0n) is 14.3. The highest BCUT2D eigenvalue weighted by Gasteiger charge is 2.51. The van der Waals surface area contributed by atoms with Gasteiger partial charge < -0.3 is 5.32 Å². The van der Waals surface area contributed by atoms with Gasteiger partial charge in [-0.3, -0.25) is 9.69 Å². The molecule has 4 heteroatoms. The molecule has 126 valence electrons. The van der Waals surface area contributed by atoms with Crippen molar-refractivity contribution in [2.24, 2.45) is 23.7 Å². The number of piperidine rings is 1. The SMILES string of the molecule is CC(C(=O)NC12CC3CC(CC(C3)C1)C2)N1CCC(C#N)CC1. The molecule has 4 aliphatic carbocycles. The van der Waals surface area contributed by atoms with E-state index in [1.807, 2.05) is 6.92 Å². The summed E-state index contributed by atoms with van der Waals surface area (Å²) in [6, 6.07) is 2.32. The molecule has 1 amide bonds. The van der Waals surface area contributed by atoms with Gasteiger partial charge in [-0.25, -0.2) is 0 Å². The third-order valence-corrected chi connectivity index (χ3v) is 7.07. The van der Waals surface area contributed by atoms with E-state index in [9.17, 15) is 4.79 Å². The number of nitrogens with zero attached hydrogens (tertiary/aromatic N) is 2. The van der Waals surface area contributed by atoms with Gasteiger partial charge in [-0.1, -0.05) is 0 Å². The third-order valence-electron chi connectivity index (χ3n) is 7.07. The first-order valence-electron chi connectivity index (χ1n) is 9.52. The van der Waals surface area contributed by atoms with E-state index < -0.39 is 0 Å². The Morgan fingerprint density at radius 1 is 1.13 bits per heavy atom. The average Bonchev–Trinajstić information content (AvgIpc) is 2.52. The molecule has 1 N–H and O–H groups in total. The predicted octanol–water partition coefficient (Wildman–Crippen LogP) is 2.70. The summed E-state index contributed by atoms with van der Waals surface area (Å²) in [7, 11) is 0. The Morgan fingerprint density at radius 2 is 1.65 bits per heavy atom. The van der Waals surface area contributed by atoms with Gasteiger partial charge in [-0.15, -0.1) is 0 Å². The molecule has 1 unspecified atom stereocenters. The van der Waals surface area contributed by atoms with Gasteiger partial charge in [0, 0.05) is 24.5 Å². The lowest BCUT2D eigenvalue weighted by molar-refractivity contribution is -0.132. The van der Waals surface area contributed by atoms with Crippen molar-refractivity contribution in [1.29, 1.82) is 5.26 Å². The lowest BCUT2D eigenvalue weighted by Gasteiger charge is -2.57. The Morgan fingerprint density at radius 3 is 2.13 bits per heavy atom. The standard InChI is InChI=1S/C19H29N3O/c1-13(22-4-2-14(12-20)3-5-22)18(23)21-19-9-15-6-16(10-19)8-17(7-15)11-19/h13-17H,2-11H2,1H3,(H,21,23). The summed E-state index contributed by atoms with van der Waals surface area (Å²) in [6.07, 6.45) is 9.69. The van der Waals surface area contributed by atoms with Crippen molar-refractivity contribution in [2.45, 2.75) is 69.9 Å². The number of hydrogen-bond donors (Lipinski definition) is 1. The minimum Gasteiger partial charge on any atom is -0.349 e. The molecule has 4 nitrogen and oxygen atoms in total. The fourth-order valence-electron chi connectivity index (χ4n) is 6.21. The van der Waals surface area contributed by atoms with Gasteiger partial charge in [0.25, 0.3) is 0 Å². The molecule has 4 bridgehead atoms. The molecule has 0 radical (unpaired) electrons. The van der Waals surface area contributed by atoms with Crippen LogP contribution in [0.25, 0.3) is 0 Å². The van der Waals surface area contributed by atoms with E-state index in [1.165, 1.54) is 38.5 Å². The second kappa shape index (κ2) is 5.77. The number of likely N-dealkylation sites (tertiary alicyclic amines) is 1. The highest BCUT2D eigenvalue weighted by molar-refractivity contribution is 5.82. The molecule has 1 heterocycles. The van der Waals surface area contributed by atoms with Crippen molar-refractivity contribution in [1.82, 2.24) is 10.2 Å². The van der Waals surface area contributed by atoms with Crippen LogP contribution < -0.4 is 5.32 Å². The lowest BCUT2D eigenvalue weighted by Crippen LogP contribution is -2.62. The van der Waals surface area contributed by atoms with E-state index in [4.69, 9.17) is 5.26 Å². The van der Waals surface area contributed by atoms with Crippen molar-refractivity contribution in [3.05, 3.63) is 0 Å². The van der Waals surface area contributed by atoms with Gasteiger partial charge in [0.15, 0.2) is 0 Å². The van der Waals surface area contributed by atoms with Gasteiger partial charge in [0.2, 0.25) is 5.91 Å². The van der Waals surface area contributed by atoms with E-state index in [0.717, 1.165) is 43.7 Å². The maximum absolute atomic E-state index is 12.9. The highest BCUT2D eigenvalue weighted by Crippen LogP contribution is 2.55. The molecule has 5 fully saturated rings. The van der Waals surface area contributed by atoms with Gasteiger partial charge in [0.05, 0.1) is 12.1 Å².